The molecule has 1 aromatic heterocycles. The molecule has 1 heterocycles. The molecule has 0 bridgehead atoms. The van der Waals surface area contributed by atoms with Gasteiger partial charge in [0.25, 0.3) is 0 Å². The van der Waals surface area contributed by atoms with Crippen molar-refractivity contribution in [1.29, 1.82) is 0 Å². The van der Waals surface area contributed by atoms with Crippen molar-refractivity contribution >= 4 is 11.6 Å². The predicted molar refractivity (Wildman–Crippen MR) is 59.4 cm³/mol. The maximum Gasteiger partial charge on any atom is 0.145 e. The van der Waals surface area contributed by atoms with Crippen molar-refractivity contribution in [2.75, 3.05) is 30.5 Å². The van der Waals surface area contributed by atoms with E-state index in [-0.39, 0.29) is 0 Å². The van der Waals surface area contributed by atoms with Crippen molar-refractivity contribution in [1.82, 2.24) is 9.97 Å². The molecule has 0 aliphatic carbocycles. The fourth-order valence-electron chi connectivity index (χ4n) is 1.07. The molecule has 0 aliphatic rings. The zero-order valence-electron chi connectivity index (χ0n) is 8.86. The lowest BCUT2D eigenvalue weighted by atomic mass is 10.4. The highest BCUT2D eigenvalue weighted by Crippen LogP contribution is 2.06. The second kappa shape index (κ2) is 6.97. The maximum absolute atomic E-state index is 5.23. The first-order valence-electron chi connectivity index (χ1n) is 4.97. The van der Waals surface area contributed by atoms with Crippen LogP contribution < -0.4 is 16.6 Å². The smallest absolute Gasteiger partial charge is 0.145 e. The van der Waals surface area contributed by atoms with Crippen LogP contribution in [-0.4, -0.2) is 29.7 Å². The normalized spacial score (nSPS) is 10.0. The molecule has 6 heteroatoms. The van der Waals surface area contributed by atoms with Crippen molar-refractivity contribution in [2.24, 2.45) is 5.84 Å². The quantitative estimate of drug-likeness (QED) is 0.348. The number of aromatic nitrogens is 2. The average molecular weight is 211 g/mol. The summed E-state index contributed by atoms with van der Waals surface area (Å²) in [5.74, 6) is 6.58. The number of nitrogens with two attached hydrogens (primary N) is 1. The Kier molecular flexibility index (Phi) is 5.42. The van der Waals surface area contributed by atoms with Crippen molar-refractivity contribution in [3.05, 3.63) is 12.4 Å². The van der Waals surface area contributed by atoms with Gasteiger partial charge in [0.15, 0.2) is 0 Å². The van der Waals surface area contributed by atoms with Gasteiger partial charge in [-0.05, 0) is 13.3 Å². The molecule has 0 amide bonds. The Labute approximate surface area is 89.2 Å². The Morgan fingerprint density at radius 3 is 2.93 bits per heavy atom. The summed E-state index contributed by atoms with van der Waals surface area (Å²) in [5.41, 5.74) is 2.46. The third-order valence-corrected chi connectivity index (χ3v) is 1.79. The summed E-state index contributed by atoms with van der Waals surface area (Å²) in [7, 11) is 0. The van der Waals surface area contributed by atoms with Crippen LogP contribution in [0, 0.1) is 0 Å². The van der Waals surface area contributed by atoms with Gasteiger partial charge in [0.2, 0.25) is 0 Å². The summed E-state index contributed by atoms with van der Waals surface area (Å²) in [4.78, 5) is 7.95. The number of hydrogen-bond acceptors (Lipinski definition) is 6. The summed E-state index contributed by atoms with van der Waals surface area (Å²) >= 11 is 0. The van der Waals surface area contributed by atoms with E-state index in [0.717, 1.165) is 32.0 Å². The van der Waals surface area contributed by atoms with E-state index in [9.17, 15) is 0 Å². The van der Waals surface area contributed by atoms with E-state index in [1.807, 2.05) is 6.92 Å². The van der Waals surface area contributed by atoms with Crippen LogP contribution in [0.25, 0.3) is 0 Å². The molecule has 6 nitrogen and oxygen atoms in total. The number of ether oxygens (including phenoxy) is 1. The maximum atomic E-state index is 5.23. The molecule has 0 fully saturated rings. The van der Waals surface area contributed by atoms with Crippen LogP contribution in [0.2, 0.25) is 0 Å². The van der Waals surface area contributed by atoms with Crippen LogP contribution in [0.3, 0.4) is 0 Å². The zero-order chi connectivity index (χ0) is 10.9. The topological polar surface area (TPSA) is 85.1 Å². The fraction of sp³-hybridized carbons (Fsp3) is 0.556. The van der Waals surface area contributed by atoms with Crippen LogP contribution in [0.1, 0.15) is 13.3 Å². The number of anilines is 2. The molecule has 15 heavy (non-hydrogen) atoms. The van der Waals surface area contributed by atoms with Crippen LogP contribution in [-0.2, 0) is 4.74 Å². The lowest BCUT2D eigenvalue weighted by Crippen LogP contribution is -2.11. The predicted octanol–water partition coefficient (Wildman–Crippen LogP) is 0.601. The van der Waals surface area contributed by atoms with Gasteiger partial charge in [-0.1, -0.05) is 0 Å². The van der Waals surface area contributed by atoms with Crippen LogP contribution in [0.5, 0.6) is 0 Å². The molecule has 84 valence electrons. The molecule has 4 N–H and O–H groups in total. The third-order valence-electron chi connectivity index (χ3n) is 1.79. The Balaban J connectivity index is 2.24. The first-order valence-corrected chi connectivity index (χ1v) is 4.97. The van der Waals surface area contributed by atoms with Crippen molar-refractivity contribution in [2.45, 2.75) is 13.3 Å². The van der Waals surface area contributed by atoms with Crippen LogP contribution >= 0.6 is 0 Å². The van der Waals surface area contributed by atoms with Gasteiger partial charge >= 0.3 is 0 Å². The molecule has 1 aromatic rings. The van der Waals surface area contributed by atoms with Gasteiger partial charge in [0.1, 0.15) is 18.0 Å². The van der Waals surface area contributed by atoms with E-state index < -0.39 is 0 Å². The van der Waals surface area contributed by atoms with Gasteiger partial charge in [0, 0.05) is 25.8 Å². The van der Waals surface area contributed by atoms with E-state index in [1.165, 1.54) is 6.33 Å². The molecule has 0 aliphatic heterocycles. The molecule has 1 rings (SSSR count). The van der Waals surface area contributed by atoms with Gasteiger partial charge in [0.05, 0.1) is 0 Å². The van der Waals surface area contributed by atoms with Gasteiger partial charge in [-0.15, -0.1) is 0 Å². The number of hydrazine groups is 1. The number of nitrogens with zero attached hydrogens (tertiary/aromatic N) is 2. The summed E-state index contributed by atoms with van der Waals surface area (Å²) < 4.78 is 5.21. The number of hydrogen-bond donors (Lipinski definition) is 3. The monoisotopic (exact) mass is 211 g/mol. The van der Waals surface area contributed by atoms with E-state index in [2.05, 4.69) is 20.7 Å². The minimum atomic E-state index is 0.595. The summed E-state index contributed by atoms with van der Waals surface area (Å²) in [6, 6.07) is 1.75. The molecule has 0 aromatic carbocycles. The van der Waals surface area contributed by atoms with Gasteiger partial charge < -0.3 is 15.5 Å². The molecular formula is C9H17N5O. The molecule has 0 atom stereocenters. The first kappa shape index (κ1) is 11.7. The largest absolute Gasteiger partial charge is 0.382 e. The Hall–Kier alpha value is -1.40. The standard InChI is InChI=1S/C9H17N5O/c1-2-15-5-3-4-11-8-6-9(14-10)13-7-12-8/h6-7H,2-5,10H2,1H3,(H2,11,12,13,14). The summed E-state index contributed by atoms with van der Waals surface area (Å²) in [6.45, 7) is 4.32. The number of nitrogen functional groups attached to an aromatic ring is 1. The SMILES string of the molecule is CCOCCCNc1cc(NN)ncn1. The number of nitrogens with one attached hydrogen (secondary N) is 2. The van der Waals surface area contributed by atoms with Crippen LogP contribution in [0.4, 0.5) is 11.6 Å². The minimum Gasteiger partial charge on any atom is -0.382 e. The molecule has 0 spiro atoms. The minimum absolute atomic E-state index is 0.595. The molecule has 0 saturated carbocycles. The first-order chi connectivity index (χ1) is 7.36. The second-order valence-corrected chi connectivity index (χ2v) is 2.91. The lowest BCUT2D eigenvalue weighted by Gasteiger charge is -2.06. The third kappa shape index (κ3) is 4.57. The van der Waals surface area contributed by atoms with Gasteiger partial charge in [-0.25, -0.2) is 15.8 Å². The van der Waals surface area contributed by atoms with Crippen LogP contribution in [0.15, 0.2) is 12.4 Å². The summed E-state index contributed by atoms with van der Waals surface area (Å²) in [6.07, 6.45) is 2.41. The van der Waals surface area contributed by atoms with E-state index >= 15 is 0 Å². The van der Waals surface area contributed by atoms with E-state index in [0.29, 0.717) is 5.82 Å². The van der Waals surface area contributed by atoms with E-state index in [1.54, 1.807) is 6.07 Å². The second-order valence-electron chi connectivity index (χ2n) is 2.91. The highest BCUT2D eigenvalue weighted by molar-refractivity contribution is 5.45. The van der Waals surface area contributed by atoms with Crippen molar-refractivity contribution in [3.63, 3.8) is 0 Å². The summed E-state index contributed by atoms with van der Waals surface area (Å²) in [5, 5.41) is 3.15. The zero-order valence-corrected chi connectivity index (χ0v) is 8.86. The molecule has 0 unspecified atom stereocenters. The Morgan fingerprint density at radius 2 is 2.20 bits per heavy atom. The van der Waals surface area contributed by atoms with Crippen molar-refractivity contribution < 1.29 is 4.74 Å². The Bertz CT molecular complexity index is 281. The van der Waals surface area contributed by atoms with Gasteiger partial charge in [-0.2, -0.15) is 0 Å². The van der Waals surface area contributed by atoms with Crippen molar-refractivity contribution in [3.8, 4) is 0 Å². The molecule has 0 saturated heterocycles. The molecule has 0 radical (unpaired) electrons. The highest BCUT2D eigenvalue weighted by Gasteiger charge is 1.95. The lowest BCUT2D eigenvalue weighted by molar-refractivity contribution is 0.147. The van der Waals surface area contributed by atoms with Gasteiger partial charge in [-0.3, -0.25) is 0 Å². The number of rotatable bonds is 7. The molecular weight excluding hydrogens is 194 g/mol. The Morgan fingerprint density at radius 1 is 1.40 bits per heavy atom. The fourth-order valence-corrected chi connectivity index (χ4v) is 1.07. The highest BCUT2D eigenvalue weighted by atomic mass is 16.5. The average Bonchev–Trinajstić information content (AvgIpc) is 2.29. The van der Waals surface area contributed by atoms with E-state index in [4.69, 9.17) is 10.6 Å².